The van der Waals surface area contributed by atoms with Crippen LogP contribution in [0.15, 0.2) is 45.6 Å². The summed E-state index contributed by atoms with van der Waals surface area (Å²) < 4.78 is 15.4. The van der Waals surface area contributed by atoms with Crippen LogP contribution in [-0.4, -0.2) is 19.2 Å². The lowest BCUT2D eigenvalue weighted by atomic mass is 10.1. The number of fused-ring (bicyclic) bond motifs is 1. The average molecular weight is 288 g/mol. The number of esters is 1. The van der Waals surface area contributed by atoms with E-state index in [9.17, 15) is 9.59 Å². The number of carbonyl (C=O) groups is 1. The van der Waals surface area contributed by atoms with E-state index in [1.807, 2.05) is 6.92 Å². The molecule has 0 spiro atoms. The Kier molecular flexibility index (Phi) is 4.42. The van der Waals surface area contributed by atoms with Gasteiger partial charge < -0.3 is 13.9 Å². The summed E-state index contributed by atoms with van der Waals surface area (Å²) in [5.41, 5.74) is 1.10. The molecule has 0 radical (unpaired) electrons. The molecule has 2 rings (SSSR count). The summed E-state index contributed by atoms with van der Waals surface area (Å²) in [4.78, 5) is 22.8. The van der Waals surface area contributed by atoms with Crippen LogP contribution in [0.5, 0.6) is 5.75 Å². The van der Waals surface area contributed by atoms with E-state index < -0.39 is 11.6 Å². The second kappa shape index (κ2) is 6.26. The van der Waals surface area contributed by atoms with Gasteiger partial charge in [-0.2, -0.15) is 0 Å². The fourth-order valence-electron chi connectivity index (χ4n) is 1.86. The Balaban J connectivity index is 2.15. The highest BCUT2D eigenvalue weighted by molar-refractivity contribution is 5.88. The van der Waals surface area contributed by atoms with Crippen LogP contribution in [0.2, 0.25) is 0 Å². The summed E-state index contributed by atoms with van der Waals surface area (Å²) >= 11 is 0. The monoisotopic (exact) mass is 288 g/mol. The third kappa shape index (κ3) is 3.51. The third-order valence-corrected chi connectivity index (χ3v) is 2.90. The van der Waals surface area contributed by atoms with E-state index >= 15 is 0 Å². The van der Waals surface area contributed by atoms with Gasteiger partial charge in [0, 0.05) is 17.5 Å². The molecular weight excluding hydrogens is 272 g/mol. The molecule has 0 unspecified atom stereocenters. The zero-order valence-electron chi connectivity index (χ0n) is 12.0. The van der Waals surface area contributed by atoms with Crippen molar-refractivity contribution in [3.05, 3.63) is 52.4 Å². The van der Waals surface area contributed by atoms with Crippen LogP contribution in [0.4, 0.5) is 0 Å². The first-order valence-electron chi connectivity index (χ1n) is 6.53. The molecule has 5 nitrogen and oxygen atoms in total. The molecule has 1 aromatic heterocycles. The van der Waals surface area contributed by atoms with E-state index in [1.165, 1.54) is 6.07 Å². The van der Waals surface area contributed by atoms with Crippen molar-refractivity contribution in [1.29, 1.82) is 0 Å². The zero-order chi connectivity index (χ0) is 15.4. The van der Waals surface area contributed by atoms with Gasteiger partial charge in [0.1, 0.15) is 17.9 Å². The predicted molar refractivity (Wildman–Crippen MR) is 78.5 cm³/mol. The van der Waals surface area contributed by atoms with Crippen LogP contribution in [0.25, 0.3) is 11.0 Å². The lowest BCUT2D eigenvalue weighted by Crippen LogP contribution is -2.13. The molecule has 0 aliphatic rings. The first kappa shape index (κ1) is 14.8. The van der Waals surface area contributed by atoms with Gasteiger partial charge in [0.15, 0.2) is 0 Å². The van der Waals surface area contributed by atoms with Crippen molar-refractivity contribution in [2.75, 3.05) is 13.2 Å². The van der Waals surface area contributed by atoms with Gasteiger partial charge in [-0.1, -0.05) is 6.58 Å². The van der Waals surface area contributed by atoms with Gasteiger partial charge in [-0.3, -0.25) is 0 Å². The number of carbonyl (C=O) groups excluding carboxylic acids is 1. The minimum Gasteiger partial charge on any atom is -0.489 e. The number of hydrogen-bond donors (Lipinski definition) is 0. The average Bonchev–Trinajstić information content (AvgIpc) is 2.44. The van der Waals surface area contributed by atoms with E-state index in [0.717, 1.165) is 10.9 Å². The molecule has 21 heavy (non-hydrogen) atoms. The largest absolute Gasteiger partial charge is 0.489 e. The van der Waals surface area contributed by atoms with E-state index in [4.69, 9.17) is 13.9 Å². The predicted octanol–water partition coefficient (Wildman–Crippen LogP) is 2.60. The van der Waals surface area contributed by atoms with Crippen molar-refractivity contribution in [1.82, 2.24) is 0 Å². The fraction of sp³-hybridized carbons (Fsp3) is 0.250. The minimum absolute atomic E-state index is 0.0143. The summed E-state index contributed by atoms with van der Waals surface area (Å²) in [6.07, 6.45) is 0. The highest BCUT2D eigenvalue weighted by atomic mass is 16.5. The Hall–Kier alpha value is -2.56. The van der Waals surface area contributed by atoms with Crippen LogP contribution >= 0.6 is 0 Å². The smallest absolute Gasteiger partial charge is 0.336 e. The van der Waals surface area contributed by atoms with Crippen LogP contribution in [-0.2, 0) is 9.53 Å². The molecule has 0 fully saturated rings. The zero-order valence-corrected chi connectivity index (χ0v) is 12.0. The molecule has 0 saturated carbocycles. The Bertz CT molecular complexity index is 742. The molecule has 5 heteroatoms. The molecule has 0 bridgehead atoms. The van der Waals surface area contributed by atoms with E-state index in [2.05, 4.69) is 6.58 Å². The Labute approximate surface area is 121 Å². The lowest BCUT2D eigenvalue weighted by molar-refractivity contribution is -0.138. The van der Waals surface area contributed by atoms with E-state index in [0.29, 0.717) is 11.3 Å². The molecule has 110 valence electrons. The first-order valence-corrected chi connectivity index (χ1v) is 6.53. The summed E-state index contributed by atoms with van der Waals surface area (Å²) in [5, 5.41) is 0.839. The van der Waals surface area contributed by atoms with Crippen LogP contribution in [0.3, 0.4) is 0 Å². The molecular formula is C16H16O5. The van der Waals surface area contributed by atoms with Gasteiger partial charge in [0.25, 0.3) is 0 Å². The number of ether oxygens (including phenoxy) is 2. The molecule has 0 aliphatic heterocycles. The number of benzene rings is 1. The van der Waals surface area contributed by atoms with Gasteiger partial charge in [0.2, 0.25) is 0 Å². The summed E-state index contributed by atoms with van der Waals surface area (Å²) in [6, 6.07) is 6.59. The first-order chi connectivity index (χ1) is 10.0. The molecule has 1 heterocycles. The molecule has 0 amide bonds. The fourth-order valence-corrected chi connectivity index (χ4v) is 1.86. The Morgan fingerprint density at radius 3 is 2.81 bits per heavy atom. The summed E-state index contributed by atoms with van der Waals surface area (Å²) in [6.45, 7) is 7.47. The Morgan fingerprint density at radius 2 is 2.10 bits per heavy atom. The highest BCUT2D eigenvalue weighted by Gasteiger charge is 2.09. The van der Waals surface area contributed by atoms with Gasteiger partial charge in [-0.15, -0.1) is 0 Å². The summed E-state index contributed by atoms with van der Waals surface area (Å²) in [7, 11) is 0. The van der Waals surface area contributed by atoms with Gasteiger partial charge >= 0.3 is 11.6 Å². The molecule has 0 N–H and O–H groups in total. The van der Waals surface area contributed by atoms with Gasteiger partial charge in [0.05, 0.1) is 12.2 Å². The standard InChI is InChI=1S/C16H16O5/c1-4-19-16(18)11(3)9-20-12-5-6-13-10(2)7-15(17)21-14(13)8-12/h5-8H,3-4,9H2,1-2H3. The second-order valence-corrected chi connectivity index (χ2v) is 4.52. The van der Waals surface area contributed by atoms with Crippen molar-refractivity contribution in [3.63, 3.8) is 0 Å². The maximum absolute atomic E-state index is 11.4. The summed E-state index contributed by atoms with van der Waals surface area (Å²) in [5.74, 6) is 0.00219. The van der Waals surface area contributed by atoms with Crippen molar-refractivity contribution in [2.24, 2.45) is 0 Å². The van der Waals surface area contributed by atoms with Crippen molar-refractivity contribution in [3.8, 4) is 5.75 Å². The topological polar surface area (TPSA) is 65.7 Å². The maximum atomic E-state index is 11.4. The van der Waals surface area contributed by atoms with Crippen LogP contribution in [0.1, 0.15) is 12.5 Å². The third-order valence-electron chi connectivity index (χ3n) is 2.90. The molecule has 0 saturated heterocycles. The quantitative estimate of drug-likeness (QED) is 0.480. The molecule has 0 aliphatic carbocycles. The van der Waals surface area contributed by atoms with Crippen molar-refractivity contribution in [2.45, 2.75) is 13.8 Å². The second-order valence-electron chi connectivity index (χ2n) is 4.52. The number of aryl methyl sites for hydroxylation is 1. The molecule has 1 aromatic carbocycles. The van der Waals surface area contributed by atoms with Crippen molar-refractivity contribution >= 4 is 16.9 Å². The molecule has 2 aromatic rings. The minimum atomic E-state index is -0.485. The van der Waals surface area contributed by atoms with Crippen molar-refractivity contribution < 1.29 is 18.7 Å². The van der Waals surface area contributed by atoms with E-state index in [1.54, 1.807) is 25.1 Å². The highest BCUT2D eigenvalue weighted by Crippen LogP contribution is 2.22. The van der Waals surface area contributed by atoms with Gasteiger partial charge in [-0.05, 0) is 31.5 Å². The maximum Gasteiger partial charge on any atom is 0.336 e. The van der Waals surface area contributed by atoms with Crippen LogP contribution in [0, 0.1) is 6.92 Å². The number of rotatable bonds is 5. The van der Waals surface area contributed by atoms with Crippen LogP contribution < -0.4 is 10.4 Å². The lowest BCUT2D eigenvalue weighted by Gasteiger charge is -2.09. The van der Waals surface area contributed by atoms with E-state index in [-0.39, 0.29) is 18.8 Å². The SMILES string of the molecule is C=C(COc1ccc2c(C)cc(=O)oc2c1)C(=O)OCC. The molecule has 0 atom stereocenters. The normalized spacial score (nSPS) is 10.4. The Morgan fingerprint density at radius 1 is 1.33 bits per heavy atom. The van der Waals surface area contributed by atoms with Gasteiger partial charge in [-0.25, -0.2) is 9.59 Å². The number of hydrogen-bond acceptors (Lipinski definition) is 5.